The fraction of sp³-hybridized carbons (Fsp3) is 0.241. The van der Waals surface area contributed by atoms with Gasteiger partial charge in [-0.05, 0) is 47.4 Å². The number of unbranched alkanes of at least 4 members (excludes halogenated alkanes) is 1. The third-order valence-corrected chi connectivity index (χ3v) is 7.08. The second-order valence-corrected chi connectivity index (χ2v) is 9.85. The van der Waals surface area contributed by atoms with Crippen LogP contribution in [-0.2, 0) is 19.6 Å². The van der Waals surface area contributed by atoms with Crippen molar-refractivity contribution in [3.05, 3.63) is 106 Å². The van der Waals surface area contributed by atoms with E-state index in [1.807, 2.05) is 60.0 Å². The van der Waals surface area contributed by atoms with E-state index in [4.69, 9.17) is 10.7 Å². The van der Waals surface area contributed by atoms with Crippen molar-refractivity contribution in [2.75, 3.05) is 16.7 Å². The molecule has 4 N–H and O–H groups in total. The number of nitrogens with two attached hydrogens (primary N) is 1. The van der Waals surface area contributed by atoms with E-state index in [-0.39, 0.29) is 16.8 Å². The SMILES string of the molecule is CCCCN(Cc1ccc(C(=O)NCc2cccc(CN)c2)cc1)c1nc(-c2cccc(N([O-])O)c2)cs1. The standard InChI is InChI=1S/C29H32N5O3S/c1-2-3-14-33(29-32-27(20-38-29)25-8-5-9-26(16-25)34(36)37)19-21-10-12-24(13-11-21)28(35)31-18-23-7-4-6-22(15-23)17-30/h4-13,15-16,20,36H,2-3,14,17-19,30H2,1H3,(H,31,35)/q-1. The zero-order chi connectivity index (χ0) is 26.9. The van der Waals surface area contributed by atoms with E-state index in [9.17, 15) is 15.2 Å². The molecule has 0 fully saturated rings. The molecular weight excluding hydrogens is 498 g/mol. The molecule has 8 nitrogen and oxygen atoms in total. The number of hydrogen-bond donors (Lipinski definition) is 3. The number of rotatable bonds is 12. The van der Waals surface area contributed by atoms with Crippen LogP contribution in [0.25, 0.3) is 11.3 Å². The van der Waals surface area contributed by atoms with Crippen molar-refractivity contribution in [1.29, 1.82) is 0 Å². The average molecular weight is 531 g/mol. The number of benzene rings is 3. The molecule has 4 aromatic rings. The predicted molar refractivity (Wildman–Crippen MR) is 153 cm³/mol. The van der Waals surface area contributed by atoms with Crippen LogP contribution in [-0.4, -0.2) is 22.6 Å². The van der Waals surface area contributed by atoms with Gasteiger partial charge in [0, 0.05) is 42.7 Å². The summed E-state index contributed by atoms with van der Waals surface area (Å²) in [6.07, 6.45) is 2.08. The van der Waals surface area contributed by atoms with E-state index in [2.05, 4.69) is 17.1 Å². The maximum absolute atomic E-state index is 12.7. The maximum atomic E-state index is 12.7. The number of carbonyl (C=O) groups is 1. The van der Waals surface area contributed by atoms with Gasteiger partial charge in [0.1, 0.15) is 0 Å². The highest BCUT2D eigenvalue weighted by molar-refractivity contribution is 7.14. The summed E-state index contributed by atoms with van der Waals surface area (Å²) < 4.78 is 0. The monoisotopic (exact) mass is 530 g/mol. The molecule has 9 heteroatoms. The van der Waals surface area contributed by atoms with Crippen LogP contribution in [0.4, 0.5) is 10.8 Å². The van der Waals surface area contributed by atoms with Crippen molar-refractivity contribution in [1.82, 2.24) is 10.3 Å². The van der Waals surface area contributed by atoms with Crippen LogP contribution in [0.15, 0.2) is 78.2 Å². The Balaban J connectivity index is 1.42. The highest BCUT2D eigenvalue weighted by atomic mass is 32.1. The first-order valence-electron chi connectivity index (χ1n) is 12.6. The Morgan fingerprint density at radius 1 is 1.05 bits per heavy atom. The van der Waals surface area contributed by atoms with Gasteiger partial charge in [-0.1, -0.05) is 61.9 Å². The van der Waals surface area contributed by atoms with E-state index in [0.717, 1.165) is 52.5 Å². The van der Waals surface area contributed by atoms with Crippen molar-refractivity contribution < 1.29 is 10.0 Å². The molecule has 0 atom stereocenters. The molecule has 1 heterocycles. The Labute approximate surface area is 226 Å². The van der Waals surface area contributed by atoms with Crippen molar-refractivity contribution in [2.24, 2.45) is 5.73 Å². The fourth-order valence-electron chi connectivity index (χ4n) is 4.05. The van der Waals surface area contributed by atoms with Gasteiger partial charge in [-0.3, -0.25) is 10.0 Å². The summed E-state index contributed by atoms with van der Waals surface area (Å²) in [6.45, 7) is 4.57. The van der Waals surface area contributed by atoms with Crippen molar-refractivity contribution in [3.63, 3.8) is 0 Å². The molecule has 198 valence electrons. The molecule has 0 saturated carbocycles. The number of amides is 1. The van der Waals surface area contributed by atoms with Crippen LogP contribution in [0.3, 0.4) is 0 Å². The van der Waals surface area contributed by atoms with Gasteiger partial charge >= 0.3 is 0 Å². The number of nitrogens with zero attached hydrogens (tertiary/aromatic N) is 3. The van der Waals surface area contributed by atoms with Crippen LogP contribution in [0, 0.1) is 5.21 Å². The van der Waals surface area contributed by atoms with E-state index < -0.39 is 0 Å². The molecule has 0 bridgehead atoms. The Hall–Kier alpha value is -3.76. The lowest BCUT2D eigenvalue weighted by Gasteiger charge is -2.22. The Bertz CT molecular complexity index is 1340. The summed E-state index contributed by atoms with van der Waals surface area (Å²) in [6, 6.07) is 22.3. The minimum Gasteiger partial charge on any atom is -0.733 e. The summed E-state index contributed by atoms with van der Waals surface area (Å²) in [5.74, 6) is -0.121. The third-order valence-electron chi connectivity index (χ3n) is 6.18. The van der Waals surface area contributed by atoms with Crippen LogP contribution < -0.4 is 21.2 Å². The predicted octanol–water partition coefficient (Wildman–Crippen LogP) is 5.70. The van der Waals surface area contributed by atoms with Gasteiger partial charge in [-0.15, -0.1) is 11.3 Å². The summed E-state index contributed by atoms with van der Waals surface area (Å²) in [4.78, 5) is 19.7. The molecule has 1 amide bonds. The van der Waals surface area contributed by atoms with Crippen molar-refractivity contribution >= 4 is 28.1 Å². The van der Waals surface area contributed by atoms with E-state index in [0.29, 0.717) is 25.2 Å². The van der Waals surface area contributed by atoms with Crippen LogP contribution in [0.2, 0.25) is 0 Å². The Kier molecular flexibility index (Phi) is 9.45. The van der Waals surface area contributed by atoms with Crippen molar-refractivity contribution in [3.8, 4) is 11.3 Å². The Morgan fingerprint density at radius 3 is 2.55 bits per heavy atom. The maximum Gasteiger partial charge on any atom is 0.251 e. The molecule has 0 spiro atoms. The van der Waals surface area contributed by atoms with E-state index >= 15 is 0 Å². The van der Waals surface area contributed by atoms with E-state index in [1.165, 1.54) is 0 Å². The molecule has 0 aliphatic heterocycles. The molecule has 0 saturated heterocycles. The number of thiazole rings is 1. The quantitative estimate of drug-likeness (QED) is 0.201. The molecule has 4 rings (SSSR count). The number of carbonyl (C=O) groups excluding carboxylic acids is 1. The largest absolute Gasteiger partial charge is 0.733 e. The third kappa shape index (κ3) is 7.17. The summed E-state index contributed by atoms with van der Waals surface area (Å²) in [7, 11) is 0. The first-order valence-corrected chi connectivity index (χ1v) is 13.5. The minimum absolute atomic E-state index is 0.121. The number of aromatic nitrogens is 1. The molecule has 38 heavy (non-hydrogen) atoms. The van der Waals surface area contributed by atoms with Gasteiger partial charge in [0.05, 0.1) is 11.4 Å². The van der Waals surface area contributed by atoms with Crippen LogP contribution in [0.5, 0.6) is 0 Å². The smallest absolute Gasteiger partial charge is 0.251 e. The highest BCUT2D eigenvalue weighted by Gasteiger charge is 2.14. The number of hydrogen-bond acceptors (Lipinski definition) is 8. The van der Waals surface area contributed by atoms with Crippen LogP contribution >= 0.6 is 11.3 Å². The molecule has 1 aromatic heterocycles. The Morgan fingerprint density at radius 2 is 1.82 bits per heavy atom. The topological polar surface area (TPSA) is 118 Å². The van der Waals surface area contributed by atoms with Gasteiger partial charge in [0.15, 0.2) is 5.13 Å². The average Bonchev–Trinajstić information content (AvgIpc) is 3.45. The van der Waals surface area contributed by atoms with Gasteiger partial charge in [0.25, 0.3) is 5.91 Å². The van der Waals surface area contributed by atoms with Crippen LogP contribution in [0.1, 0.15) is 46.8 Å². The molecule has 3 aromatic carbocycles. The lowest BCUT2D eigenvalue weighted by molar-refractivity contribution is 0.0951. The second kappa shape index (κ2) is 13.2. The lowest BCUT2D eigenvalue weighted by atomic mass is 10.1. The summed E-state index contributed by atoms with van der Waals surface area (Å²) in [5, 5.41) is 26.2. The molecular formula is C29H32N5O3S-. The second-order valence-electron chi connectivity index (χ2n) is 9.02. The minimum atomic E-state index is -0.145. The van der Waals surface area contributed by atoms with Gasteiger partial charge in [0.2, 0.25) is 0 Å². The van der Waals surface area contributed by atoms with Gasteiger partial charge in [-0.2, -0.15) is 0 Å². The number of nitrogens with one attached hydrogen (secondary N) is 1. The zero-order valence-electron chi connectivity index (χ0n) is 21.3. The van der Waals surface area contributed by atoms with Gasteiger partial charge in [-0.25, -0.2) is 4.98 Å². The molecule has 0 unspecified atom stereocenters. The first-order chi connectivity index (χ1) is 18.5. The molecule has 0 aliphatic rings. The highest BCUT2D eigenvalue weighted by Crippen LogP contribution is 2.30. The summed E-state index contributed by atoms with van der Waals surface area (Å²) in [5.41, 5.74) is 11.1. The van der Waals surface area contributed by atoms with Crippen molar-refractivity contribution in [2.45, 2.75) is 39.4 Å². The zero-order valence-corrected chi connectivity index (χ0v) is 22.2. The molecule has 0 aliphatic carbocycles. The molecule has 0 radical (unpaired) electrons. The number of anilines is 2. The summed E-state index contributed by atoms with van der Waals surface area (Å²) >= 11 is 1.54. The van der Waals surface area contributed by atoms with E-state index in [1.54, 1.807) is 29.5 Å². The van der Waals surface area contributed by atoms with Gasteiger partial charge < -0.3 is 26.4 Å². The fourth-order valence-corrected chi connectivity index (χ4v) is 4.91. The lowest BCUT2D eigenvalue weighted by Crippen LogP contribution is -2.24. The first kappa shape index (κ1) is 27.3. The normalized spacial score (nSPS) is 10.8.